The summed E-state index contributed by atoms with van der Waals surface area (Å²) >= 11 is 0. The van der Waals surface area contributed by atoms with Gasteiger partial charge in [0.05, 0.1) is 6.20 Å². The molecule has 2 aromatic heterocycles. The van der Waals surface area contributed by atoms with Gasteiger partial charge in [0.2, 0.25) is 5.95 Å². The highest BCUT2D eigenvalue weighted by Crippen LogP contribution is 2.07. The monoisotopic (exact) mass is 234 g/mol. The molecule has 0 aliphatic heterocycles. The highest BCUT2D eigenvalue weighted by molar-refractivity contribution is 5.26. The third-order valence-corrected chi connectivity index (χ3v) is 2.39. The van der Waals surface area contributed by atoms with Gasteiger partial charge in [0.25, 0.3) is 0 Å². The van der Waals surface area contributed by atoms with Crippen molar-refractivity contribution in [3.05, 3.63) is 24.8 Å². The van der Waals surface area contributed by atoms with Crippen molar-refractivity contribution in [3.63, 3.8) is 0 Å². The SMILES string of the molecule is CC(C)Nc1nccn1CCCn1ccnn1. The fourth-order valence-electron chi connectivity index (χ4n) is 1.64. The second kappa shape index (κ2) is 5.47. The Hall–Kier alpha value is -1.85. The van der Waals surface area contributed by atoms with Gasteiger partial charge in [0.15, 0.2) is 0 Å². The number of hydrogen-bond acceptors (Lipinski definition) is 4. The zero-order valence-corrected chi connectivity index (χ0v) is 10.2. The lowest BCUT2D eigenvalue weighted by atomic mass is 10.4. The molecule has 0 unspecified atom stereocenters. The molecule has 0 aliphatic rings. The molecule has 0 saturated carbocycles. The zero-order chi connectivity index (χ0) is 12.1. The lowest BCUT2D eigenvalue weighted by Crippen LogP contribution is -2.15. The number of aryl methyl sites for hydroxylation is 2. The van der Waals surface area contributed by atoms with E-state index in [1.54, 1.807) is 6.20 Å². The Labute approximate surface area is 101 Å². The molecule has 92 valence electrons. The van der Waals surface area contributed by atoms with Gasteiger partial charge in [-0.1, -0.05) is 5.21 Å². The minimum atomic E-state index is 0.395. The third-order valence-electron chi connectivity index (χ3n) is 2.39. The molecule has 0 saturated heterocycles. The third kappa shape index (κ3) is 3.30. The van der Waals surface area contributed by atoms with Crippen LogP contribution in [0.15, 0.2) is 24.8 Å². The molecule has 0 atom stereocenters. The highest BCUT2D eigenvalue weighted by Gasteiger charge is 2.03. The highest BCUT2D eigenvalue weighted by atomic mass is 15.4. The van der Waals surface area contributed by atoms with E-state index in [0.29, 0.717) is 6.04 Å². The van der Waals surface area contributed by atoms with E-state index in [0.717, 1.165) is 25.5 Å². The number of anilines is 1. The molecule has 1 N–H and O–H groups in total. The van der Waals surface area contributed by atoms with E-state index in [1.807, 2.05) is 23.3 Å². The van der Waals surface area contributed by atoms with Gasteiger partial charge in [-0.05, 0) is 20.3 Å². The minimum Gasteiger partial charge on any atom is -0.353 e. The molecule has 2 heterocycles. The molecule has 17 heavy (non-hydrogen) atoms. The minimum absolute atomic E-state index is 0.395. The molecule has 0 fully saturated rings. The van der Waals surface area contributed by atoms with Crippen molar-refractivity contribution in [2.24, 2.45) is 0 Å². The number of aromatic nitrogens is 5. The molecule has 0 aromatic carbocycles. The molecule has 0 spiro atoms. The summed E-state index contributed by atoms with van der Waals surface area (Å²) in [6.45, 7) is 6.01. The van der Waals surface area contributed by atoms with E-state index in [1.165, 1.54) is 0 Å². The summed E-state index contributed by atoms with van der Waals surface area (Å²) in [4.78, 5) is 4.29. The maximum atomic E-state index is 4.29. The summed E-state index contributed by atoms with van der Waals surface area (Å²) in [5, 5.41) is 11.0. The van der Waals surface area contributed by atoms with Gasteiger partial charge in [0, 0.05) is 37.7 Å². The lowest BCUT2D eigenvalue weighted by Gasteiger charge is -2.11. The molecule has 6 nitrogen and oxygen atoms in total. The van der Waals surface area contributed by atoms with Crippen molar-refractivity contribution in [1.29, 1.82) is 0 Å². The summed E-state index contributed by atoms with van der Waals surface area (Å²) in [7, 11) is 0. The largest absolute Gasteiger partial charge is 0.353 e. The Morgan fingerprint density at radius 3 is 2.82 bits per heavy atom. The van der Waals surface area contributed by atoms with Gasteiger partial charge >= 0.3 is 0 Å². The van der Waals surface area contributed by atoms with Crippen LogP contribution in [-0.4, -0.2) is 30.6 Å². The van der Waals surface area contributed by atoms with Crippen LogP contribution >= 0.6 is 0 Å². The van der Waals surface area contributed by atoms with E-state index < -0.39 is 0 Å². The Morgan fingerprint density at radius 1 is 1.24 bits per heavy atom. The van der Waals surface area contributed by atoms with Crippen molar-refractivity contribution < 1.29 is 0 Å². The van der Waals surface area contributed by atoms with E-state index in [-0.39, 0.29) is 0 Å². The Bertz CT molecular complexity index is 431. The van der Waals surface area contributed by atoms with Crippen LogP contribution in [-0.2, 0) is 13.1 Å². The first kappa shape index (κ1) is 11.6. The molecule has 6 heteroatoms. The summed E-state index contributed by atoms with van der Waals surface area (Å²) in [6, 6.07) is 0.395. The molecular formula is C11H18N6. The molecule has 2 rings (SSSR count). The quantitative estimate of drug-likeness (QED) is 0.820. The normalized spacial score (nSPS) is 11.0. The van der Waals surface area contributed by atoms with Crippen LogP contribution in [0.4, 0.5) is 5.95 Å². The fraction of sp³-hybridized carbons (Fsp3) is 0.545. The summed E-state index contributed by atoms with van der Waals surface area (Å²) in [5.41, 5.74) is 0. The maximum Gasteiger partial charge on any atom is 0.202 e. The van der Waals surface area contributed by atoms with Gasteiger partial charge in [-0.15, -0.1) is 5.10 Å². The number of imidazole rings is 1. The first-order valence-corrected chi connectivity index (χ1v) is 5.87. The Morgan fingerprint density at radius 2 is 2.12 bits per heavy atom. The topological polar surface area (TPSA) is 60.6 Å². The summed E-state index contributed by atoms with van der Waals surface area (Å²) in [5.74, 6) is 0.929. The van der Waals surface area contributed by atoms with Gasteiger partial charge < -0.3 is 9.88 Å². The average molecular weight is 234 g/mol. The van der Waals surface area contributed by atoms with Crippen LogP contribution in [0.25, 0.3) is 0 Å². The maximum absolute atomic E-state index is 4.29. The van der Waals surface area contributed by atoms with Crippen molar-refractivity contribution in [3.8, 4) is 0 Å². The van der Waals surface area contributed by atoms with Crippen molar-refractivity contribution in [1.82, 2.24) is 24.5 Å². The predicted molar refractivity (Wildman–Crippen MR) is 65.6 cm³/mol. The van der Waals surface area contributed by atoms with Gasteiger partial charge in [-0.25, -0.2) is 4.98 Å². The molecule has 0 radical (unpaired) electrons. The Balaban J connectivity index is 1.84. The van der Waals surface area contributed by atoms with Crippen LogP contribution in [0.3, 0.4) is 0 Å². The first-order chi connectivity index (χ1) is 8.25. The van der Waals surface area contributed by atoms with Crippen LogP contribution in [0.2, 0.25) is 0 Å². The number of nitrogens with zero attached hydrogens (tertiary/aromatic N) is 5. The average Bonchev–Trinajstić information content (AvgIpc) is 2.90. The molecular weight excluding hydrogens is 216 g/mol. The zero-order valence-electron chi connectivity index (χ0n) is 10.2. The molecule has 2 aromatic rings. The smallest absolute Gasteiger partial charge is 0.202 e. The van der Waals surface area contributed by atoms with Crippen molar-refractivity contribution in [2.75, 3.05) is 5.32 Å². The van der Waals surface area contributed by atoms with Crippen LogP contribution in [0.1, 0.15) is 20.3 Å². The second-order valence-electron chi connectivity index (χ2n) is 4.26. The molecule has 0 bridgehead atoms. The standard InChI is InChI=1S/C11H18N6/c1-10(2)14-11-12-4-8-16(11)6-3-7-17-9-5-13-15-17/h4-5,8-10H,3,6-7H2,1-2H3,(H,12,14). The number of hydrogen-bond donors (Lipinski definition) is 1. The van der Waals surface area contributed by atoms with Crippen molar-refractivity contribution >= 4 is 5.95 Å². The fourth-order valence-corrected chi connectivity index (χ4v) is 1.64. The summed E-state index contributed by atoms with van der Waals surface area (Å²) in [6.07, 6.45) is 8.39. The van der Waals surface area contributed by atoms with Crippen LogP contribution in [0, 0.1) is 0 Å². The first-order valence-electron chi connectivity index (χ1n) is 5.87. The van der Waals surface area contributed by atoms with Crippen LogP contribution in [0.5, 0.6) is 0 Å². The van der Waals surface area contributed by atoms with E-state index in [9.17, 15) is 0 Å². The van der Waals surface area contributed by atoms with Crippen LogP contribution < -0.4 is 5.32 Å². The Kier molecular flexibility index (Phi) is 3.74. The second-order valence-corrected chi connectivity index (χ2v) is 4.26. The van der Waals surface area contributed by atoms with Crippen molar-refractivity contribution in [2.45, 2.75) is 39.4 Å². The predicted octanol–water partition coefficient (Wildman–Crippen LogP) is 1.39. The number of rotatable bonds is 6. The summed E-state index contributed by atoms with van der Waals surface area (Å²) < 4.78 is 3.96. The van der Waals surface area contributed by atoms with Gasteiger partial charge in [0.1, 0.15) is 0 Å². The van der Waals surface area contributed by atoms with Gasteiger partial charge in [-0.3, -0.25) is 4.68 Å². The molecule has 0 amide bonds. The number of nitrogens with one attached hydrogen (secondary N) is 1. The lowest BCUT2D eigenvalue weighted by molar-refractivity contribution is 0.515. The van der Waals surface area contributed by atoms with E-state index >= 15 is 0 Å². The van der Waals surface area contributed by atoms with E-state index in [4.69, 9.17) is 0 Å². The molecule has 0 aliphatic carbocycles. The van der Waals surface area contributed by atoms with Gasteiger partial charge in [-0.2, -0.15) is 0 Å². The van der Waals surface area contributed by atoms with E-state index in [2.05, 4.69) is 39.0 Å².